The first kappa shape index (κ1) is 26.7. The molecule has 0 atom stereocenters. The van der Waals surface area contributed by atoms with Crippen molar-refractivity contribution in [1.29, 1.82) is 0 Å². The van der Waals surface area contributed by atoms with Gasteiger partial charge in [0.15, 0.2) is 0 Å². The molecule has 0 aliphatic rings. The average Bonchev–Trinajstić information content (AvgIpc) is 3.70. The average molecular weight is 614 g/mol. The van der Waals surface area contributed by atoms with Gasteiger partial charge in [-0.3, -0.25) is 4.57 Å². The Morgan fingerprint density at radius 3 is 1.67 bits per heavy atom. The van der Waals surface area contributed by atoms with Gasteiger partial charge in [0.05, 0.1) is 22.1 Å². The molecule has 0 N–H and O–H groups in total. The van der Waals surface area contributed by atoms with Crippen LogP contribution in [0.2, 0.25) is 0 Å². The summed E-state index contributed by atoms with van der Waals surface area (Å²) in [5.74, 6) is 0.583. The fraction of sp³-hybridized carbons (Fsp3) is 0. The predicted molar refractivity (Wildman–Crippen MR) is 197 cm³/mol. The number of para-hydroxylation sites is 3. The summed E-state index contributed by atoms with van der Waals surface area (Å²) in [6.07, 6.45) is 0. The van der Waals surface area contributed by atoms with Crippen molar-refractivity contribution in [1.82, 2.24) is 14.5 Å². The highest BCUT2D eigenvalue weighted by atomic mass is 16.3. The molecule has 0 aliphatic carbocycles. The third-order valence-electron chi connectivity index (χ3n) is 9.47. The summed E-state index contributed by atoms with van der Waals surface area (Å²) in [7, 11) is 0. The zero-order valence-corrected chi connectivity index (χ0v) is 25.8. The Balaban J connectivity index is 1.19. The third-order valence-corrected chi connectivity index (χ3v) is 9.47. The van der Waals surface area contributed by atoms with E-state index in [4.69, 9.17) is 14.4 Å². The van der Waals surface area contributed by atoms with Gasteiger partial charge in [0.25, 0.3) is 0 Å². The van der Waals surface area contributed by atoms with Crippen LogP contribution >= 0.6 is 0 Å². The molecule has 0 spiro atoms. The highest BCUT2D eigenvalue weighted by molar-refractivity contribution is 6.12. The van der Waals surface area contributed by atoms with E-state index in [1.165, 1.54) is 27.5 Å². The molecule has 0 bridgehead atoms. The third kappa shape index (κ3) is 4.03. The fourth-order valence-corrected chi connectivity index (χ4v) is 7.31. The molecule has 0 unspecified atom stereocenters. The Morgan fingerprint density at radius 1 is 0.417 bits per heavy atom. The van der Waals surface area contributed by atoms with Crippen LogP contribution in [0.5, 0.6) is 0 Å². The van der Waals surface area contributed by atoms with Crippen molar-refractivity contribution in [2.75, 3.05) is 0 Å². The van der Waals surface area contributed by atoms with E-state index in [1.54, 1.807) is 0 Å². The number of benzene rings is 7. The number of rotatable bonds is 4. The number of nitrogens with zero attached hydrogens (tertiary/aromatic N) is 3. The molecule has 7 aromatic carbocycles. The second-order valence-electron chi connectivity index (χ2n) is 12.2. The Kier molecular flexibility index (Phi) is 5.84. The van der Waals surface area contributed by atoms with Crippen LogP contribution < -0.4 is 0 Å². The maximum Gasteiger partial charge on any atom is 0.238 e. The normalized spacial score (nSPS) is 11.8. The van der Waals surface area contributed by atoms with Gasteiger partial charge in [-0.2, -0.15) is 4.98 Å². The van der Waals surface area contributed by atoms with E-state index in [2.05, 4.69) is 150 Å². The van der Waals surface area contributed by atoms with Crippen molar-refractivity contribution in [3.8, 4) is 39.5 Å². The second kappa shape index (κ2) is 10.5. The molecule has 48 heavy (non-hydrogen) atoms. The second-order valence-corrected chi connectivity index (χ2v) is 12.2. The van der Waals surface area contributed by atoms with E-state index < -0.39 is 0 Å². The van der Waals surface area contributed by atoms with Crippen molar-refractivity contribution < 1.29 is 4.42 Å². The monoisotopic (exact) mass is 613 g/mol. The van der Waals surface area contributed by atoms with Gasteiger partial charge < -0.3 is 4.42 Å². The molecule has 0 amide bonds. The predicted octanol–water partition coefficient (Wildman–Crippen LogP) is 11.6. The lowest BCUT2D eigenvalue weighted by Gasteiger charge is -2.13. The van der Waals surface area contributed by atoms with Crippen molar-refractivity contribution in [3.63, 3.8) is 0 Å². The number of fused-ring (bicyclic) bond motifs is 7. The Bertz CT molecular complexity index is 2770. The van der Waals surface area contributed by atoms with Gasteiger partial charge in [-0.15, -0.1) is 0 Å². The van der Waals surface area contributed by atoms with E-state index in [-0.39, 0.29) is 0 Å². The van der Waals surface area contributed by atoms with Crippen molar-refractivity contribution in [2.24, 2.45) is 0 Å². The van der Waals surface area contributed by atoms with Crippen LogP contribution in [0.15, 0.2) is 168 Å². The molecule has 0 aliphatic heterocycles. The van der Waals surface area contributed by atoms with Crippen molar-refractivity contribution >= 4 is 54.6 Å². The van der Waals surface area contributed by atoms with E-state index >= 15 is 0 Å². The quantitative estimate of drug-likeness (QED) is 0.198. The van der Waals surface area contributed by atoms with Crippen LogP contribution in [-0.4, -0.2) is 14.5 Å². The topological polar surface area (TPSA) is 43.9 Å². The summed E-state index contributed by atoms with van der Waals surface area (Å²) in [6, 6.07) is 57.5. The first-order chi connectivity index (χ1) is 23.8. The zero-order valence-electron chi connectivity index (χ0n) is 25.8. The molecular formula is C44H27N3O. The van der Waals surface area contributed by atoms with E-state index in [9.17, 15) is 0 Å². The summed E-state index contributed by atoms with van der Waals surface area (Å²) in [4.78, 5) is 10.4. The lowest BCUT2D eigenvalue weighted by atomic mass is 9.91. The summed E-state index contributed by atoms with van der Waals surface area (Å²) in [5, 5.41) is 6.71. The molecule has 10 aromatic rings. The minimum atomic E-state index is 0.573. The van der Waals surface area contributed by atoms with Crippen LogP contribution in [-0.2, 0) is 0 Å². The summed E-state index contributed by atoms with van der Waals surface area (Å²) < 4.78 is 8.56. The summed E-state index contributed by atoms with van der Waals surface area (Å²) in [5.41, 5.74) is 10.1. The minimum absolute atomic E-state index is 0.573. The lowest BCUT2D eigenvalue weighted by Crippen LogP contribution is -2.02. The first-order valence-electron chi connectivity index (χ1n) is 16.2. The Labute approximate surface area is 276 Å². The number of hydrogen-bond acceptors (Lipinski definition) is 3. The SMILES string of the molecule is c1ccc(-c2cccc3cccc(-c4ccc(-c5nc(-n6c7ccccc7c7ccccc76)nc6oc7ccccc7c56)cc4)c23)cc1. The van der Waals surface area contributed by atoms with Crippen molar-refractivity contribution in [3.05, 3.63) is 164 Å². The maximum atomic E-state index is 6.41. The maximum absolute atomic E-state index is 6.41. The molecule has 224 valence electrons. The molecular weight excluding hydrogens is 587 g/mol. The van der Waals surface area contributed by atoms with Gasteiger partial charge in [0.2, 0.25) is 11.7 Å². The van der Waals surface area contributed by atoms with Crippen LogP contribution in [0.25, 0.3) is 94.1 Å². The summed E-state index contributed by atoms with van der Waals surface area (Å²) in [6.45, 7) is 0. The van der Waals surface area contributed by atoms with Crippen LogP contribution in [0, 0.1) is 0 Å². The van der Waals surface area contributed by atoms with Gasteiger partial charge >= 0.3 is 0 Å². The van der Waals surface area contributed by atoms with Gasteiger partial charge in [0.1, 0.15) is 5.58 Å². The number of hydrogen-bond donors (Lipinski definition) is 0. The molecule has 0 saturated carbocycles. The largest absolute Gasteiger partial charge is 0.437 e. The van der Waals surface area contributed by atoms with E-state index in [0.717, 1.165) is 55.0 Å². The van der Waals surface area contributed by atoms with E-state index in [0.29, 0.717) is 11.7 Å². The van der Waals surface area contributed by atoms with E-state index in [1.807, 2.05) is 18.2 Å². The smallest absolute Gasteiger partial charge is 0.238 e. The molecule has 4 nitrogen and oxygen atoms in total. The Hall–Kier alpha value is -6.52. The van der Waals surface area contributed by atoms with Crippen LogP contribution in [0.3, 0.4) is 0 Å². The lowest BCUT2D eigenvalue weighted by molar-refractivity contribution is 0.651. The molecule has 3 aromatic heterocycles. The molecule has 0 radical (unpaired) electrons. The molecule has 3 heterocycles. The molecule has 4 heteroatoms. The highest BCUT2D eigenvalue weighted by Crippen LogP contribution is 2.40. The Morgan fingerprint density at radius 2 is 0.979 bits per heavy atom. The van der Waals surface area contributed by atoms with Crippen LogP contribution in [0.1, 0.15) is 0 Å². The van der Waals surface area contributed by atoms with Gasteiger partial charge in [-0.1, -0.05) is 146 Å². The fourth-order valence-electron chi connectivity index (χ4n) is 7.31. The highest BCUT2D eigenvalue weighted by Gasteiger charge is 2.21. The minimum Gasteiger partial charge on any atom is -0.437 e. The van der Waals surface area contributed by atoms with Gasteiger partial charge in [-0.05, 0) is 51.2 Å². The first-order valence-corrected chi connectivity index (χ1v) is 16.2. The standard InChI is InChI=1S/C44H27N3O/c1-2-12-28(13-3-1)32-19-10-14-30-15-11-20-33(40(30)32)29-24-26-31(27-25-29)42-41-36-18-6-9-23-39(36)48-43(41)46-44(45-42)47-37-21-7-4-16-34(37)35-17-5-8-22-38(35)47/h1-27H. The van der Waals surface area contributed by atoms with Crippen molar-refractivity contribution in [2.45, 2.75) is 0 Å². The zero-order chi connectivity index (χ0) is 31.6. The molecule has 0 saturated heterocycles. The molecule has 0 fully saturated rings. The van der Waals surface area contributed by atoms with Gasteiger partial charge in [-0.25, -0.2) is 4.98 Å². The van der Waals surface area contributed by atoms with Gasteiger partial charge in [0, 0.05) is 21.7 Å². The number of furan rings is 1. The molecule has 10 rings (SSSR count). The summed E-state index contributed by atoms with van der Waals surface area (Å²) >= 11 is 0. The number of aromatic nitrogens is 3. The van der Waals surface area contributed by atoms with Crippen LogP contribution in [0.4, 0.5) is 0 Å².